The van der Waals surface area contributed by atoms with Gasteiger partial charge in [0.2, 0.25) is 0 Å². The number of carbonyl (C=O) groups is 1. The van der Waals surface area contributed by atoms with Crippen LogP contribution >= 0.6 is 0 Å². The number of hydrogen-bond donors (Lipinski definition) is 0. The predicted octanol–water partition coefficient (Wildman–Crippen LogP) is 2.77. The van der Waals surface area contributed by atoms with Crippen molar-refractivity contribution in [2.45, 2.75) is 6.18 Å². The summed E-state index contributed by atoms with van der Waals surface area (Å²) in [5, 5.41) is 3.03. The molecule has 1 rings (SSSR count). The lowest BCUT2D eigenvalue weighted by atomic mass is 10.2. The van der Waals surface area contributed by atoms with Crippen molar-refractivity contribution in [2.75, 3.05) is 0 Å². The number of aromatic nitrogens is 1. The van der Waals surface area contributed by atoms with Crippen LogP contribution in [0.2, 0.25) is 0 Å². The molecule has 0 saturated carbocycles. The number of rotatable bonds is 2. The minimum Gasteiger partial charge on any atom is -0.284 e. The van der Waals surface area contributed by atoms with Crippen molar-refractivity contribution >= 4 is 11.5 Å². The second-order valence-electron chi connectivity index (χ2n) is 2.45. The lowest BCUT2D eigenvalue weighted by molar-refractivity contribution is -0.0885. The maximum Gasteiger partial charge on any atom is 0.454 e. The highest BCUT2D eigenvalue weighted by molar-refractivity contribution is 6.00. The molecule has 0 aliphatic rings. The summed E-state index contributed by atoms with van der Waals surface area (Å²) in [6.45, 7) is 0. The summed E-state index contributed by atoms with van der Waals surface area (Å²) in [4.78, 5) is 16.4. The first-order chi connectivity index (χ1) is 6.95. The smallest absolute Gasteiger partial charge is 0.284 e. The number of nitrogens with zero attached hydrogens (tertiary/aromatic N) is 4. The second-order valence-corrected chi connectivity index (χ2v) is 2.45. The molecule has 0 N–H and O–H groups in total. The molecule has 0 aromatic carbocycles. The molecule has 15 heavy (non-hydrogen) atoms. The Kier molecular flexibility index (Phi) is 2.91. The summed E-state index contributed by atoms with van der Waals surface area (Å²) >= 11 is 0. The average Bonchev–Trinajstić information content (AvgIpc) is 2.16. The number of Topliss-reactive ketones (excluding diaryl/α,β-unsaturated/α-hetero) is 1. The number of azide groups is 1. The van der Waals surface area contributed by atoms with E-state index in [1.165, 1.54) is 0 Å². The molecule has 0 atom stereocenters. The highest BCUT2D eigenvalue weighted by Gasteiger charge is 2.39. The molecule has 0 radical (unpaired) electrons. The molecule has 0 bridgehead atoms. The number of pyridine rings is 1. The molecule has 0 aliphatic heterocycles. The van der Waals surface area contributed by atoms with Crippen LogP contribution in [0.25, 0.3) is 10.4 Å². The van der Waals surface area contributed by atoms with E-state index in [1.54, 1.807) is 0 Å². The molecular formula is C7H3F3N4O. The van der Waals surface area contributed by atoms with Crippen LogP contribution in [0.1, 0.15) is 10.4 Å². The molecule has 0 unspecified atom stereocenters. The second kappa shape index (κ2) is 3.97. The van der Waals surface area contributed by atoms with Gasteiger partial charge in [-0.15, -0.1) is 0 Å². The van der Waals surface area contributed by atoms with Gasteiger partial charge in [-0.3, -0.25) is 9.78 Å². The van der Waals surface area contributed by atoms with E-state index in [9.17, 15) is 18.0 Å². The molecule has 5 nitrogen and oxygen atoms in total. The van der Waals surface area contributed by atoms with Crippen molar-refractivity contribution < 1.29 is 18.0 Å². The van der Waals surface area contributed by atoms with Gasteiger partial charge < -0.3 is 0 Å². The Balaban J connectivity index is 3.11. The molecule has 1 aromatic rings. The van der Waals surface area contributed by atoms with E-state index >= 15 is 0 Å². The highest BCUT2D eigenvalue weighted by Crippen LogP contribution is 2.23. The zero-order valence-corrected chi connectivity index (χ0v) is 7.06. The van der Waals surface area contributed by atoms with Crippen LogP contribution in [0.4, 0.5) is 18.9 Å². The minimum absolute atomic E-state index is 0.146. The van der Waals surface area contributed by atoms with Crippen molar-refractivity contribution in [1.82, 2.24) is 4.98 Å². The first kappa shape index (κ1) is 11.0. The van der Waals surface area contributed by atoms with E-state index in [1.807, 2.05) is 0 Å². The largest absolute Gasteiger partial charge is 0.454 e. The highest BCUT2D eigenvalue weighted by atomic mass is 19.4. The summed E-state index contributed by atoms with van der Waals surface area (Å²) in [5.41, 5.74) is 7.23. The van der Waals surface area contributed by atoms with E-state index in [0.29, 0.717) is 0 Å². The summed E-state index contributed by atoms with van der Waals surface area (Å²) < 4.78 is 35.9. The van der Waals surface area contributed by atoms with E-state index in [0.717, 1.165) is 18.5 Å². The van der Waals surface area contributed by atoms with Crippen LogP contribution < -0.4 is 0 Å². The topological polar surface area (TPSA) is 78.7 Å². The summed E-state index contributed by atoms with van der Waals surface area (Å²) in [6.07, 6.45) is -3.16. The third-order valence-corrected chi connectivity index (χ3v) is 1.40. The molecule has 1 aromatic heterocycles. The Morgan fingerprint density at radius 2 is 2.13 bits per heavy atom. The van der Waals surface area contributed by atoms with E-state index < -0.39 is 17.5 Å². The number of alkyl halides is 3. The number of ketones is 1. The van der Waals surface area contributed by atoms with E-state index in [4.69, 9.17) is 5.53 Å². The Morgan fingerprint density at radius 3 is 2.67 bits per heavy atom. The van der Waals surface area contributed by atoms with Gasteiger partial charge in [0.15, 0.2) is 0 Å². The quantitative estimate of drug-likeness (QED) is 0.329. The molecule has 1 heterocycles. The molecule has 8 heteroatoms. The Labute approximate surface area is 81.2 Å². The van der Waals surface area contributed by atoms with Crippen molar-refractivity contribution in [1.29, 1.82) is 0 Å². The van der Waals surface area contributed by atoms with Crippen molar-refractivity contribution in [3.63, 3.8) is 0 Å². The monoisotopic (exact) mass is 216 g/mol. The van der Waals surface area contributed by atoms with Gasteiger partial charge in [-0.05, 0) is 11.6 Å². The van der Waals surface area contributed by atoms with Gasteiger partial charge in [-0.1, -0.05) is 5.11 Å². The van der Waals surface area contributed by atoms with Gasteiger partial charge in [0.05, 0.1) is 5.69 Å². The van der Waals surface area contributed by atoms with Gasteiger partial charge in [0, 0.05) is 22.9 Å². The third-order valence-electron chi connectivity index (χ3n) is 1.40. The molecule has 0 spiro atoms. The van der Waals surface area contributed by atoms with Gasteiger partial charge in [-0.2, -0.15) is 13.2 Å². The van der Waals surface area contributed by atoms with Crippen LogP contribution in [-0.2, 0) is 0 Å². The summed E-state index contributed by atoms with van der Waals surface area (Å²) in [5.74, 6) is -2.02. The SMILES string of the molecule is [N-]=[N+]=Nc1cncc(C(=O)C(F)(F)F)c1. The maximum atomic E-state index is 12.0. The predicted molar refractivity (Wildman–Crippen MR) is 43.4 cm³/mol. The molecule has 0 fully saturated rings. The fourth-order valence-electron chi connectivity index (χ4n) is 0.822. The fraction of sp³-hybridized carbons (Fsp3) is 0.143. The Morgan fingerprint density at radius 1 is 1.47 bits per heavy atom. The van der Waals surface area contributed by atoms with Crippen molar-refractivity contribution in [3.05, 3.63) is 34.5 Å². The number of hydrogen-bond acceptors (Lipinski definition) is 3. The van der Waals surface area contributed by atoms with E-state index in [2.05, 4.69) is 15.0 Å². The van der Waals surface area contributed by atoms with Crippen LogP contribution in [0.15, 0.2) is 23.6 Å². The van der Waals surface area contributed by atoms with Gasteiger partial charge in [-0.25, -0.2) is 0 Å². The summed E-state index contributed by atoms with van der Waals surface area (Å²) in [7, 11) is 0. The van der Waals surface area contributed by atoms with Crippen LogP contribution in [0, 0.1) is 0 Å². The molecule has 0 aliphatic carbocycles. The Bertz CT molecular complexity index is 436. The number of carbonyl (C=O) groups excluding carboxylic acids is 1. The maximum absolute atomic E-state index is 12.0. The first-order valence-corrected chi connectivity index (χ1v) is 3.57. The van der Waals surface area contributed by atoms with Gasteiger partial charge in [0.25, 0.3) is 5.78 Å². The lowest BCUT2D eigenvalue weighted by Crippen LogP contribution is -2.22. The van der Waals surface area contributed by atoms with Crippen LogP contribution in [0.3, 0.4) is 0 Å². The molecule has 0 amide bonds. The van der Waals surface area contributed by atoms with Crippen molar-refractivity contribution in [3.8, 4) is 0 Å². The zero-order chi connectivity index (χ0) is 11.5. The van der Waals surface area contributed by atoms with E-state index in [-0.39, 0.29) is 5.69 Å². The average molecular weight is 216 g/mol. The lowest BCUT2D eigenvalue weighted by Gasteiger charge is -2.04. The normalized spacial score (nSPS) is 10.6. The van der Waals surface area contributed by atoms with Gasteiger partial charge >= 0.3 is 6.18 Å². The third kappa shape index (κ3) is 2.68. The molecule has 78 valence electrons. The Hall–Kier alpha value is -2.08. The number of halogens is 3. The zero-order valence-electron chi connectivity index (χ0n) is 7.06. The van der Waals surface area contributed by atoms with Crippen molar-refractivity contribution in [2.24, 2.45) is 5.11 Å². The molecular weight excluding hydrogens is 213 g/mol. The fourth-order valence-corrected chi connectivity index (χ4v) is 0.822. The minimum atomic E-state index is -4.96. The van der Waals surface area contributed by atoms with Crippen LogP contribution in [0.5, 0.6) is 0 Å². The molecule has 0 saturated heterocycles. The van der Waals surface area contributed by atoms with Gasteiger partial charge in [0.1, 0.15) is 0 Å². The van der Waals surface area contributed by atoms with Crippen LogP contribution in [-0.4, -0.2) is 16.9 Å². The first-order valence-electron chi connectivity index (χ1n) is 3.57. The standard InChI is InChI=1S/C7H3F3N4O/c8-7(9,10)6(15)4-1-5(13-14-11)3-12-2-4/h1-3H. The summed E-state index contributed by atoms with van der Waals surface area (Å²) in [6, 6.07) is 0.822.